The van der Waals surface area contributed by atoms with E-state index in [0.717, 1.165) is 59.0 Å². The highest BCUT2D eigenvalue weighted by Gasteiger charge is 2.45. The molecule has 5 aromatic rings. The first-order valence-electron chi connectivity index (χ1n) is 17.9. The van der Waals surface area contributed by atoms with Crippen LogP contribution in [0.25, 0.3) is 33.3 Å². The minimum Gasteiger partial charge on any atom is -0.481 e. The summed E-state index contributed by atoms with van der Waals surface area (Å²) in [4.78, 5) is 49.3. The Morgan fingerprint density at radius 2 is 1.75 bits per heavy atom. The second-order valence-corrected chi connectivity index (χ2v) is 14.9. The van der Waals surface area contributed by atoms with E-state index in [1.165, 1.54) is 14.1 Å². The third-order valence-corrected chi connectivity index (χ3v) is 11.7. The molecule has 3 N–H and O–H groups in total. The van der Waals surface area contributed by atoms with Gasteiger partial charge in [-0.1, -0.05) is 41.9 Å². The Balaban J connectivity index is 1.15. The molecule has 2 amide bonds. The average molecular weight is 775 g/mol. The Morgan fingerprint density at radius 1 is 1.00 bits per heavy atom. The van der Waals surface area contributed by atoms with E-state index in [1.807, 2.05) is 24.3 Å². The molecule has 3 aliphatic rings. The molecule has 2 aromatic carbocycles. The standard InChI is InChI=1S/C39H38ClF3N8O4/c1-20-22(7-6-10-25(20)45-33-31-28(18-29(47-33)39(41,42)43)49(2)37(54)50(3)35(31)52)23-8-5-9-24(32(23)40)26-17-21-11-12-27(30(21)34(46-26)55-4)51-16-14-38(19-51)13-15-44-36(53)48-38/h5-10,17-18,27H,11-16,19H2,1-4H3,(H,45,47)(H2,44,48,53)/t27-,38-/m0/s1. The van der Waals surface area contributed by atoms with E-state index in [1.54, 1.807) is 26.2 Å². The van der Waals surface area contributed by atoms with Gasteiger partial charge in [-0.3, -0.25) is 18.8 Å². The number of anilines is 2. The fraction of sp³-hybridized carbons (Fsp3) is 0.359. The third-order valence-electron chi connectivity index (χ3n) is 11.3. The number of rotatable bonds is 6. The van der Waals surface area contributed by atoms with Gasteiger partial charge in [0.15, 0.2) is 0 Å². The number of carbonyl (C=O) groups is 1. The van der Waals surface area contributed by atoms with Gasteiger partial charge >= 0.3 is 17.9 Å². The fourth-order valence-corrected chi connectivity index (χ4v) is 8.76. The molecule has 0 radical (unpaired) electrons. The van der Waals surface area contributed by atoms with Crippen molar-refractivity contribution in [2.75, 3.05) is 32.1 Å². The number of halogens is 4. The van der Waals surface area contributed by atoms with Crippen LogP contribution in [0.3, 0.4) is 0 Å². The van der Waals surface area contributed by atoms with Crippen molar-refractivity contribution < 1.29 is 22.7 Å². The van der Waals surface area contributed by atoms with E-state index in [-0.39, 0.29) is 34.3 Å². The zero-order valence-corrected chi connectivity index (χ0v) is 31.3. The fourth-order valence-electron chi connectivity index (χ4n) is 8.43. The van der Waals surface area contributed by atoms with Gasteiger partial charge in [-0.2, -0.15) is 13.2 Å². The van der Waals surface area contributed by atoms with Gasteiger partial charge in [0.05, 0.1) is 28.9 Å². The number of urea groups is 1. The molecule has 2 aliphatic heterocycles. The first kappa shape index (κ1) is 36.6. The zero-order chi connectivity index (χ0) is 39.0. The van der Waals surface area contributed by atoms with Crippen molar-refractivity contribution in [2.24, 2.45) is 14.1 Å². The topological polar surface area (TPSA) is 135 Å². The summed E-state index contributed by atoms with van der Waals surface area (Å²) in [7, 11) is 4.17. The number of nitrogens with zero attached hydrogens (tertiary/aromatic N) is 5. The van der Waals surface area contributed by atoms with Crippen molar-refractivity contribution in [1.82, 2.24) is 34.6 Å². The third kappa shape index (κ3) is 6.18. The van der Waals surface area contributed by atoms with Crippen molar-refractivity contribution in [2.45, 2.75) is 50.4 Å². The van der Waals surface area contributed by atoms with Crippen LogP contribution in [0.5, 0.6) is 5.88 Å². The molecule has 16 heteroatoms. The lowest BCUT2D eigenvalue weighted by atomic mass is 9.93. The molecule has 5 heterocycles. The smallest absolute Gasteiger partial charge is 0.433 e. The molecule has 0 saturated carbocycles. The Bertz CT molecular complexity index is 2540. The van der Waals surface area contributed by atoms with Crippen LogP contribution >= 0.6 is 11.6 Å². The number of benzene rings is 2. The number of methoxy groups -OCH3 is 1. The van der Waals surface area contributed by atoms with Gasteiger partial charge in [0.25, 0.3) is 5.56 Å². The molecular formula is C39H38ClF3N8O4. The number of pyridine rings is 2. The van der Waals surface area contributed by atoms with Gasteiger partial charge in [0.2, 0.25) is 5.88 Å². The van der Waals surface area contributed by atoms with Gasteiger partial charge in [0, 0.05) is 62.1 Å². The van der Waals surface area contributed by atoms with Crippen LogP contribution in [0.15, 0.2) is 58.1 Å². The lowest BCUT2D eigenvalue weighted by molar-refractivity contribution is -0.141. The summed E-state index contributed by atoms with van der Waals surface area (Å²) < 4.78 is 49.8. The van der Waals surface area contributed by atoms with Crippen molar-refractivity contribution in [3.05, 3.63) is 96.8 Å². The number of nitrogens with one attached hydrogen (secondary N) is 3. The van der Waals surface area contributed by atoms with Gasteiger partial charge < -0.3 is 20.7 Å². The predicted octanol–water partition coefficient (Wildman–Crippen LogP) is 6.23. The maximum absolute atomic E-state index is 14.0. The van der Waals surface area contributed by atoms with Crippen LogP contribution < -0.4 is 31.9 Å². The number of aryl methyl sites for hydroxylation is 2. The number of fused-ring (bicyclic) bond motifs is 2. The summed E-state index contributed by atoms with van der Waals surface area (Å²) in [6.07, 6.45) is -1.37. The van der Waals surface area contributed by atoms with E-state index in [0.29, 0.717) is 57.1 Å². The average Bonchev–Trinajstić information content (AvgIpc) is 3.77. The molecule has 2 saturated heterocycles. The first-order chi connectivity index (χ1) is 26.2. The second kappa shape index (κ2) is 13.4. The number of aromatic nitrogens is 4. The van der Waals surface area contributed by atoms with Crippen molar-refractivity contribution in [3.8, 4) is 28.3 Å². The number of likely N-dealkylation sites (tertiary alicyclic amines) is 1. The lowest BCUT2D eigenvalue weighted by Gasteiger charge is -2.36. The molecule has 0 unspecified atom stereocenters. The molecule has 1 aliphatic carbocycles. The van der Waals surface area contributed by atoms with E-state index in [2.05, 4.69) is 31.9 Å². The minimum absolute atomic E-state index is 0.103. The van der Waals surface area contributed by atoms with Crippen LogP contribution in [0.4, 0.5) is 29.5 Å². The summed E-state index contributed by atoms with van der Waals surface area (Å²) in [5.74, 6) is 0.192. The van der Waals surface area contributed by atoms with Crippen LogP contribution in [0.1, 0.15) is 47.7 Å². The molecule has 2 fully saturated rings. The highest BCUT2D eigenvalue weighted by Crippen LogP contribution is 2.47. The highest BCUT2D eigenvalue weighted by atomic mass is 35.5. The zero-order valence-electron chi connectivity index (χ0n) is 30.5. The molecule has 12 nitrogen and oxygen atoms in total. The van der Waals surface area contributed by atoms with E-state index < -0.39 is 23.1 Å². The Hall–Kier alpha value is -5.41. The largest absolute Gasteiger partial charge is 0.481 e. The normalized spacial score (nSPS) is 19.8. The van der Waals surface area contributed by atoms with Crippen LogP contribution in [-0.4, -0.2) is 62.3 Å². The molecule has 286 valence electrons. The molecular weight excluding hydrogens is 737 g/mol. The first-order valence-corrected chi connectivity index (χ1v) is 18.3. The summed E-state index contributed by atoms with van der Waals surface area (Å²) in [6, 6.07) is 13.6. The molecule has 0 bridgehead atoms. The van der Waals surface area contributed by atoms with Crippen LogP contribution in [0.2, 0.25) is 5.02 Å². The molecule has 8 rings (SSSR count). The number of hydrogen-bond donors (Lipinski definition) is 3. The molecule has 2 atom stereocenters. The second-order valence-electron chi connectivity index (χ2n) is 14.5. The predicted molar refractivity (Wildman–Crippen MR) is 203 cm³/mol. The van der Waals surface area contributed by atoms with Crippen LogP contribution in [0, 0.1) is 6.92 Å². The number of ether oxygens (including phenoxy) is 1. The highest BCUT2D eigenvalue weighted by molar-refractivity contribution is 6.36. The number of amides is 2. The molecule has 1 spiro atoms. The Kier molecular flexibility index (Phi) is 8.91. The van der Waals surface area contributed by atoms with Gasteiger partial charge in [-0.25, -0.2) is 19.6 Å². The van der Waals surface area contributed by atoms with Gasteiger partial charge in [-0.05, 0) is 67.5 Å². The van der Waals surface area contributed by atoms with Gasteiger partial charge in [0.1, 0.15) is 16.9 Å². The number of hydrogen-bond acceptors (Lipinski definition) is 8. The van der Waals surface area contributed by atoms with E-state index in [4.69, 9.17) is 21.3 Å². The SMILES string of the molecule is COc1nc(-c2cccc(-c3cccc(Nc4nc(C(F)(F)F)cc5c4c(=O)n(C)c(=O)n5C)c3C)c2Cl)cc2c1[C@@H](N1CC[C@@]3(CCNC(=O)N3)C1)CC2. The molecule has 3 aromatic heterocycles. The quantitative estimate of drug-likeness (QED) is 0.185. The number of alkyl halides is 3. The van der Waals surface area contributed by atoms with Crippen molar-refractivity contribution in [3.63, 3.8) is 0 Å². The van der Waals surface area contributed by atoms with Crippen LogP contribution in [-0.2, 0) is 26.7 Å². The monoisotopic (exact) mass is 774 g/mol. The maximum Gasteiger partial charge on any atom is 0.433 e. The maximum atomic E-state index is 14.0. The number of carbonyl (C=O) groups excluding carboxylic acids is 1. The molecule has 55 heavy (non-hydrogen) atoms. The Morgan fingerprint density at radius 3 is 2.49 bits per heavy atom. The van der Waals surface area contributed by atoms with Gasteiger partial charge in [-0.15, -0.1) is 0 Å². The van der Waals surface area contributed by atoms with Crippen molar-refractivity contribution in [1.29, 1.82) is 0 Å². The minimum atomic E-state index is -4.84. The lowest BCUT2D eigenvalue weighted by Crippen LogP contribution is -2.59. The van der Waals surface area contributed by atoms with E-state index >= 15 is 0 Å². The van der Waals surface area contributed by atoms with E-state index in [9.17, 15) is 27.6 Å². The summed E-state index contributed by atoms with van der Waals surface area (Å²) >= 11 is 7.19. The summed E-state index contributed by atoms with van der Waals surface area (Å²) in [6.45, 7) is 4.06. The Labute approximate surface area is 318 Å². The summed E-state index contributed by atoms with van der Waals surface area (Å²) in [5, 5.41) is 9.25. The summed E-state index contributed by atoms with van der Waals surface area (Å²) in [5.41, 5.74) is 2.61. The van der Waals surface area contributed by atoms with Crippen molar-refractivity contribution >= 4 is 40.0 Å².